The number of carbonyl (C=O) groups is 2. The molecule has 1 aliphatic rings. The highest BCUT2D eigenvalue weighted by Gasteiger charge is 2.44. The first-order valence-corrected chi connectivity index (χ1v) is 8.03. The monoisotopic (exact) mass is 329 g/mol. The van der Waals surface area contributed by atoms with Crippen LogP contribution < -0.4 is 5.32 Å². The van der Waals surface area contributed by atoms with Crippen LogP contribution in [0.5, 0.6) is 0 Å². The van der Waals surface area contributed by atoms with Gasteiger partial charge in [-0.1, -0.05) is 18.8 Å². The first-order chi connectivity index (χ1) is 11.3. The lowest BCUT2D eigenvalue weighted by atomic mass is 9.63. The minimum atomic E-state index is -1.18. The molecule has 3 atom stereocenters. The van der Waals surface area contributed by atoms with Gasteiger partial charge in [0.2, 0.25) is 5.91 Å². The Kier molecular flexibility index (Phi) is 7.28. The predicted octanol–water partition coefficient (Wildman–Crippen LogP) is 1.92. The molecule has 1 rings (SSSR count). The van der Waals surface area contributed by atoms with E-state index in [1.807, 2.05) is 6.92 Å². The van der Waals surface area contributed by atoms with Crippen molar-refractivity contribution in [2.24, 2.45) is 17.3 Å². The minimum absolute atomic E-state index is 0.0346. The highest BCUT2D eigenvalue weighted by Crippen LogP contribution is 2.43. The number of hydrogen-bond donors (Lipinski definition) is 1. The van der Waals surface area contributed by atoms with Crippen molar-refractivity contribution in [1.29, 1.82) is 10.5 Å². The molecule has 24 heavy (non-hydrogen) atoms. The fraction of sp³-hybridized carbons (Fsp3) is 0.667. The fourth-order valence-electron chi connectivity index (χ4n) is 3.34. The molecule has 0 spiro atoms. The Morgan fingerprint density at radius 2 is 1.88 bits per heavy atom. The minimum Gasteiger partial charge on any atom is -0.453 e. The van der Waals surface area contributed by atoms with E-state index in [1.165, 1.54) is 13.8 Å². The molecule has 0 aromatic heterocycles. The quantitative estimate of drug-likeness (QED) is 0.627. The maximum atomic E-state index is 11.2. The lowest BCUT2D eigenvalue weighted by Gasteiger charge is -2.39. The highest BCUT2D eigenvalue weighted by molar-refractivity contribution is 5.73. The van der Waals surface area contributed by atoms with Gasteiger partial charge in [0, 0.05) is 26.3 Å². The molecule has 128 valence electrons. The molecular formula is C18H23N3O3. The predicted molar refractivity (Wildman–Crippen MR) is 86.8 cm³/mol. The van der Waals surface area contributed by atoms with Crippen molar-refractivity contribution in [3.63, 3.8) is 0 Å². The third-order valence-corrected chi connectivity index (χ3v) is 4.45. The van der Waals surface area contributed by atoms with Gasteiger partial charge < -0.3 is 10.1 Å². The summed E-state index contributed by atoms with van der Waals surface area (Å²) in [5.74, 6) is 5.04. The van der Waals surface area contributed by atoms with E-state index in [0.29, 0.717) is 6.42 Å². The van der Waals surface area contributed by atoms with Crippen LogP contribution in [0, 0.1) is 51.8 Å². The number of carbonyl (C=O) groups excluding carboxylic acids is 2. The van der Waals surface area contributed by atoms with Crippen molar-refractivity contribution in [1.82, 2.24) is 5.32 Å². The van der Waals surface area contributed by atoms with Crippen LogP contribution in [0.15, 0.2) is 0 Å². The van der Waals surface area contributed by atoms with Crippen LogP contribution in [0.25, 0.3) is 0 Å². The van der Waals surface area contributed by atoms with Crippen molar-refractivity contribution >= 4 is 11.9 Å². The van der Waals surface area contributed by atoms with Crippen LogP contribution in [0.4, 0.5) is 0 Å². The van der Waals surface area contributed by atoms with Crippen LogP contribution >= 0.6 is 0 Å². The zero-order chi connectivity index (χ0) is 18.2. The standard InChI is InChI=1S/C18H23N3O3/c1-13-10-16(21-14(2)22)6-7-17(13)18(11-19,12-20)8-4-5-9-24-15(3)23/h13,16-17H,6-10H2,1-3H3,(H,21,22)/t13-,16+,17-/m1/s1. The highest BCUT2D eigenvalue weighted by atomic mass is 16.5. The normalized spacial score (nSPS) is 23.0. The molecule has 1 amide bonds. The molecule has 0 heterocycles. The molecule has 1 aliphatic carbocycles. The number of hydrogen-bond acceptors (Lipinski definition) is 5. The molecule has 0 aromatic carbocycles. The Morgan fingerprint density at radius 3 is 2.38 bits per heavy atom. The Balaban J connectivity index is 2.77. The summed E-state index contributed by atoms with van der Waals surface area (Å²) in [5, 5.41) is 22.1. The van der Waals surface area contributed by atoms with Gasteiger partial charge in [0.1, 0.15) is 0 Å². The van der Waals surface area contributed by atoms with E-state index in [4.69, 9.17) is 4.74 Å². The first kappa shape index (κ1) is 19.5. The van der Waals surface area contributed by atoms with Crippen molar-refractivity contribution < 1.29 is 14.3 Å². The van der Waals surface area contributed by atoms with Gasteiger partial charge in [-0.15, -0.1) is 0 Å². The van der Waals surface area contributed by atoms with Crippen molar-refractivity contribution in [3.05, 3.63) is 0 Å². The van der Waals surface area contributed by atoms with E-state index < -0.39 is 11.4 Å². The van der Waals surface area contributed by atoms with E-state index in [1.54, 1.807) is 0 Å². The zero-order valence-electron chi connectivity index (χ0n) is 14.4. The van der Waals surface area contributed by atoms with E-state index in [0.717, 1.165) is 12.8 Å². The average molecular weight is 329 g/mol. The molecule has 0 aromatic rings. The Morgan fingerprint density at radius 1 is 1.21 bits per heavy atom. The van der Waals surface area contributed by atoms with Crippen LogP contribution in [-0.2, 0) is 14.3 Å². The Hall–Kier alpha value is -2.52. The topological polar surface area (TPSA) is 103 Å². The summed E-state index contributed by atoms with van der Waals surface area (Å²) in [4.78, 5) is 21.9. The second-order valence-corrected chi connectivity index (χ2v) is 6.30. The summed E-state index contributed by atoms with van der Waals surface area (Å²) < 4.78 is 4.72. The van der Waals surface area contributed by atoms with Crippen LogP contribution in [-0.4, -0.2) is 24.5 Å². The van der Waals surface area contributed by atoms with Gasteiger partial charge in [-0.25, -0.2) is 0 Å². The summed E-state index contributed by atoms with van der Waals surface area (Å²) in [6.45, 7) is 4.76. The number of nitrogens with one attached hydrogen (secondary N) is 1. The van der Waals surface area contributed by atoms with Gasteiger partial charge in [0.05, 0.1) is 12.1 Å². The van der Waals surface area contributed by atoms with Crippen molar-refractivity contribution in [2.75, 3.05) is 6.61 Å². The SMILES string of the molecule is CC(=O)N[C@H]1CC[C@@H](C(C#N)(C#N)CC#CCOC(C)=O)[C@H](C)C1. The summed E-state index contributed by atoms with van der Waals surface area (Å²) in [6, 6.07) is 4.42. The number of nitriles is 2. The van der Waals surface area contributed by atoms with E-state index in [2.05, 4.69) is 29.3 Å². The number of amides is 1. The third kappa shape index (κ3) is 5.28. The van der Waals surface area contributed by atoms with Gasteiger partial charge in [-0.3, -0.25) is 9.59 Å². The average Bonchev–Trinajstić information content (AvgIpc) is 2.51. The largest absolute Gasteiger partial charge is 0.453 e. The number of esters is 1. The molecule has 0 bridgehead atoms. The molecule has 6 heteroatoms. The van der Waals surface area contributed by atoms with E-state index in [9.17, 15) is 20.1 Å². The number of ether oxygens (including phenoxy) is 1. The summed E-state index contributed by atoms with van der Waals surface area (Å²) >= 11 is 0. The third-order valence-electron chi connectivity index (χ3n) is 4.45. The van der Waals surface area contributed by atoms with Crippen LogP contribution in [0.3, 0.4) is 0 Å². The summed E-state index contributed by atoms with van der Waals surface area (Å²) in [7, 11) is 0. The van der Waals surface area contributed by atoms with Crippen molar-refractivity contribution in [3.8, 4) is 24.0 Å². The van der Waals surface area contributed by atoms with E-state index in [-0.39, 0.29) is 36.8 Å². The molecule has 0 aliphatic heterocycles. The molecule has 0 saturated heterocycles. The van der Waals surface area contributed by atoms with Crippen LogP contribution in [0.2, 0.25) is 0 Å². The number of nitrogens with zero attached hydrogens (tertiary/aromatic N) is 2. The van der Waals surface area contributed by atoms with Gasteiger partial charge >= 0.3 is 5.97 Å². The van der Waals surface area contributed by atoms with Gasteiger partial charge in [0.15, 0.2) is 12.0 Å². The second kappa shape index (κ2) is 8.94. The molecule has 6 nitrogen and oxygen atoms in total. The molecule has 0 radical (unpaired) electrons. The molecule has 1 saturated carbocycles. The van der Waals surface area contributed by atoms with Gasteiger partial charge in [-0.05, 0) is 31.1 Å². The maximum absolute atomic E-state index is 11.2. The smallest absolute Gasteiger partial charge is 0.303 e. The molecular weight excluding hydrogens is 306 g/mol. The maximum Gasteiger partial charge on any atom is 0.303 e. The van der Waals surface area contributed by atoms with Gasteiger partial charge in [0.25, 0.3) is 0 Å². The summed E-state index contributed by atoms with van der Waals surface area (Å²) in [5.41, 5.74) is -1.18. The second-order valence-electron chi connectivity index (χ2n) is 6.30. The van der Waals surface area contributed by atoms with Crippen molar-refractivity contribution in [2.45, 2.75) is 52.5 Å². The van der Waals surface area contributed by atoms with E-state index >= 15 is 0 Å². The van der Waals surface area contributed by atoms with Gasteiger partial charge in [-0.2, -0.15) is 10.5 Å². The first-order valence-electron chi connectivity index (χ1n) is 8.03. The number of rotatable bonds is 4. The molecule has 1 N–H and O–H groups in total. The fourth-order valence-corrected chi connectivity index (χ4v) is 3.34. The molecule has 1 fully saturated rings. The van der Waals surface area contributed by atoms with Crippen LogP contribution in [0.1, 0.15) is 46.5 Å². The Labute approximate surface area is 143 Å². The Bertz CT molecular complexity index is 604. The lowest BCUT2D eigenvalue weighted by Crippen LogP contribution is -2.43. The summed E-state index contributed by atoms with van der Waals surface area (Å²) in [6.07, 6.45) is 2.32. The zero-order valence-corrected chi connectivity index (χ0v) is 14.4. The molecule has 0 unspecified atom stereocenters. The lowest BCUT2D eigenvalue weighted by molar-refractivity contribution is -0.139.